The average Bonchev–Trinajstić information content (AvgIpc) is 2.36. The van der Waals surface area contributed by atoms with E-state index in [4.69, 9.17) is 11.6 Å². The van der Waals surface area contributed by atoms with Gasteiger partial charge in [-0.1, -0.05) is 23.7 Å². The van der Waals surface area contributed by atoms with Crippen LogP contribution in [0.1, 0.15) is 16.1 Å². The van der Waals surface area contributed by atoms with E-state index in [9.17, 15) is 9.90 Å². The van der Waals surface area contributed by atoms with Crippen LogP contribution < -0.4 is 5.32 Å². The molecule has 1 heterocycles. The maximum Gasteiger partial charge on any atom is 0.336 e. The molecule has 1 aromatic heterocycles. The molecule has 1 aromatic carbocycles. The number of aromatic carboxylic acids is 1. The van der Waals surface area contributed by atoms with E-state index in [2.05, 4.69) is 10.3 Å². The quantitative estimate of drug-likeness (QED) is 0.890. The number of aromatic nitrogens is 1. The first kappa shape index (κ1) is 12.8. The lowest BCUT2D eigenvalue weighted by atomic mass is 10.1. The van der Waals surface area contributed by atoms with Crippen molar-refractivity contribution in [3.8, 4) is 0 Å². The number of carbonyl (C=O) groups is 1. The third-order valence-electron chi connectivity index (χ3n) is 2.70. The number of benzene rings is 1. The van der Waals surface area contributed by atoms with Gasteiger partial charge < -0.3 is 10.4 Å². The number of nitrogens with one attached hydrogen (secondary N) is 1. The second kappa shape index (κ2) is 5.33. The van der Waals surface area contributed by atoms with Crippen molar-refractivity contribution < 1.29 is 9.90 Å². The Morgan fingerprint density at radius 1 is 1.50 bits per heavy atom. The Hall–Kier alpha value is -1.65. The topological polar surface area (TPSA) is 62.2 Å². The fourth-order valence-corrected chi connectivity index (χ4v) is 2.04. The molecule has 2 aromatic rings. The van der Waals surface area contributed by atoms with Crippen LogP contribution in [0.15, 0.2) is 24.3 Å². The molecule has 2 rings (SSSR count). The van der Waals surface area contributed by atoms with Crippen LogP contribution in [0.5, 0.6) is 0 Å². The van der Waals surface area contributed by atoms with Crippen LogP contribution in [-0.2, 0) is 6.42 Å². The van der Waals surface area contributed by atoms with Gasteiger partial charge in [-0.15, -0.1) is 0 Å². The van der Waals surface area contributed by atoms with Crippen LogP contribution in [-0.4, -0.2) is 29.7 Å². The van der Waals surface area contributed by atoms with Crippen LogP contribution in [0.25, 0.3) is 10.9 Å². The molecule has 0 bridgehead atoms. The lowest BCUT2D eigenvalue weighted by Gasteiger charge is -2.07. The molecule has 0 amide bonds. The molecule has 0 saturated heterocycles. The summed E-state index contributed by atoms with van der Waals surface area (Å²) in [6, 6.07) is 6.77. The molecule has 0 unspecified atom stereocenters. The van der Waals surface area contributed by atoms with Crippen molar-refractivity contribution in [3.05, 3.63) is 40.5 Å². The van der Waals surface area contributed by atoms with Gasteiger partial charge in [0, 0.05) is 24.0 Å². The van der Waals surface area contributed by atoms with Gasteiger partial charge in [-0.3, -0.25) is 4.98 Å². The number of likely N-dealkylation sites (N-methyl/N-ethyl adjacent to an activating group) is 1. The minimum atomic E-state index is -0.963. The number of fused-ring (bicyclic) bond motifs is 1. The fraction of sp³-hybridized carbons (Fsp3) is 0.231. The Bertz CT molecular complexity index is 599. The molecule has 18 heavy (non-hydrogen) atoms. The zero-order valence-corrected chi connectivity index (χ0v) is 10.7. The molecule has 0 aliphatic rings. The van der Waals surface area contributed by atoms with Gasteiger partial charge >= 0.3 is 5.97 Å². The van der Waals surface area contributed by atoms with E-state index in [1.54, 1.807) is 24.3 Å². The van der Waals surface area contributed by atoms with Gasteiger partial charge in [-0.2, -0.15) is 0 Å². The third kappa shape index (κ3) is 2.44. The van der Waals surface area contributed by atoms with E-state index in [1.807, 2.05) is 7.05 Å². The zero-order chi connectivity index (χ0) is 13.1. The second-order valence-electron chi connectivity index (χ2n) is 3.96. The van der Waals surface area contributed by atoms with Gasteiger partial charge in [-0.05, 0) is 19.2 Å². The van der Waals surface area contributed by atoms with Crippen molar-refractivity contribution in [1.29, 1.82) is 0 Å². The summed E-state index contributed by atoms with van der Waals surface area (Å²) in [4.78, 5) is 15.7. The molecule has 0 saturated carbocycles. The highest BCUT2D eigenvalue weighted by molar-refractivity contribution is 6.35. The molecule has 0 fully saturated rings. The molecule has 0 aliphatic carbocycles. The van der Waals surface area contributed by atoms with E-state index < -0.39 is 5.97 Å². The van der Waals surface area contributed by atoms with Gasteiger partial charge in [0.25, 0.3) is 0 Å². The predicted molar refractivity (Wildman–Crippen MR) is 71.3 cm³/mol. The summed E-state index contributed by atoms with van der Waals surface area (Å²) in [5.74, 6) is -0.963. The molecule has 0 radical (unpaired) electrons. The first-order valence-electron chi connectivity index (χ1n) is 5.59. The van der Waals surface area contributed by atoms with Gasteiger partial charge in [0.05, 0.1) is 16.1 Å². The zero-order valence-electron chi connectivity index (χ0n) is 9.90. The van der Waals surface area contributed by atoms with E-state index in [-0.39, 0.29) is 5.56 Å². The minimum Gasteiger partial charge on any atom is -0.478 e. The fourth-order valence-electron chi connectivity index (χ4n) is 1.82. The Morgan fingerprint density at radius 3 is 2.94 bits per heavy atom. The van der Waals surface area contributed by atoms with E-state index in [0.29, 0.717) is 22.3 Å². The predicted octanol–water partition coefficient (Wildman–Crippen LogP) is 2.35. The van der Waals surface area contributed by atoms with Crippen molar-refractivity contribution in [3.63, 3.8) is 0 Å². The van der Waals surface area contributed by atoms with E-state index >= 15 is 0 Å². The summed E-state index contributed by atoms with van der Waals surface area (Å²) in [5.41, 5.74) is 1.51. The van der Waals surface area contributed by atoms with Crippen LogP contribution in [0, 0.1) is 0 Å². The summed E-state index contributed by atoms with van der Waals surface area (Å²) in [6.45, 7) is 0.738. The number of rotatable bonds is 4. The summed E-state index contributed by atoms with van der Waals surface area (Å²) in [6.07, 6.45) is 0.665. The number of pyridine rings is 1. The van der Waals surface area contributed by atoms with Crippen molar-refractivity contribution in [1.82, 2.24) is 10.3 Å². The lowest BCUT2D eigenvalue weighted by Crippen LogP contribution is -2.12. The van der Waals surface area contributed by atoms with Crippen molar-refractivity contribution >= 4 is 28.5 Å². The molecule has 2 N–H and O–H groups in total. The van der Waals surface area contributed by atoms with Crippen LogP contribution in [0.3, 0.4) is 0 Å². The Morgan fingerprint density at radius 2 is 2.28 bits per heavy atom. The van der Waals surface area contributed by atoms with Crippen LogP contribution >= 0.6 is 11.6 Å². The first-order valence-corrected chi connectivity index (χ1v) is 5.97. The molecule has 94 valence electrons. The highest BCUT2D eigenvalue weighted by atomic mass is 35.5. The number of hydrogen-bond acceptors (Lipinski definition) is 3. The molecule has 0 spiro atoms. The minimum absolute atomic E-state index is 0.244. The van der Waals surface area contributed by atoms with Gasteiger partial charge in [0.15, 0.2) is 0 Å². The number of para-hydroxylation sites is 1. The molecule has 4 nitrogen and oxygen atoms in total. The van der Waals surface area contributed by atoms with Crippen molar-refractivity contribution in [2.24, 2.45) is 0 Å². The molecule has 0 atom stereocenters. The highest BCUT2D eigenvalue weighted by Gasteiger charge is 2.13. The summed E-state index contributed by atoms with van der Waals surface area (Å²) < 4.78 is 0. The second-order valence-corrected chi connectivity index (χ2v) is 4.36. The molecule has 5 heteroatoms. The van der Waals surface area contributed by atoms with Crippen molar-refractivity contribution in [2.75, 3.05) is 13.6 Å². The number of carboxylic acid groups (broad SMARTS) is 1. The number of hydrogen-bond donors (Lipinski definition) is 2. The van der Waals surface area contributed by atoms with E-state index in [0.717, 1.165) is 12.2 Å². The largest absolute Gasteiger partial charge is 0.478 e. The molecular formula is C13H13ClN2O2. The number of carboxylic acids is 1. The summed E-state index contributed by atoms with van der Waals surface area (Å²) >= 11 is 6.07. The third-order valence-corrected chi connectivity index (χ3v) is 3.01. The standard InChI is InChI=1S/C13H13ClN2O2/c1-15-6-5-8-7-10(13(17)18)9-3-2-4-11(14)12(9)16-8/h2-4,7,15H,5-6H2,1H3,(H,17,18). The average molecular weight is 265 g/mol. The van der Waals surface area contributed by atoms with Gasteiger partial charge in [-0.25, -0.2) is 4.79 Å². The normalized spacial score (nSPS) is 10.8. The Kier molecular flexibility index (Phi) is 3.79. The highest BCUT2D eigenvalue weighted by Crippen LogP contribution is 2.25. The van der Waals surface area contributed by atoms with Crippen LogP contribution in [0.4, 0.5) is 0 Å². The van der Waals surface area contributed by atoms with Gasteiger partial charge in [0.1, 0.15) is 0 Å². The summed E-state index contributed by atoms with van der Waals surface area (Å²) in [7, 11) is 1.84. The Labute approximate surface area is 110 Å². The smallest absolute Gasteiger partial charge is 0.336 e. The lowest BCUT2D eigenvalue weighted by molar-refractivity contribution is 0.0699. The van der Waals surface area contributed by atoms with Crippen LogP contribution in [0.2, 0.25) is 5.02 Å². The first-order chi connectivity index (χ1) is 8.63. The maximum atomic E-state index is 11.3. The van der Waals surface area contributed by atoms with Gasteiger partial charge in [0.2, 0.25) is 0 Å². The van der Waals surface area contributed by atoms with E-state index in [1.165, 1.54) is 0 Å². The summed E-state index contributed by atoms with van der Waals surface area (Å²) in [5, 5.41) is 13.3. The maximum absolute atomic E-state index is 11.3. The number of nitrogens with zero attached hydrogens (tertiary/aromatic N) is 1. The number of halogens is 1. The SMILES string of the molecule is CNCCc1cc(C(=O)O)c2cccc(Cl)c2n1. The van der Waals surface area contributed by atoms with Crippen molar-refractivity contribution in [2.45, 2.75) is 6.42 Å². The molecular weight excluding hydrogens is 252 g/mol. The Balaban J connectivity index is 2.63. The monoisotopic (exact) mass is 264 g/mol. The molecule has 0 aliphatic heterocycles.